The number of nitrogens with two attached hydrogens (primary N) is 1. The predicted molar refractivity (Wildman–Crippen MR) is 64.4 cm³/mol. The lowest BCUT2D eigenvalue weighted by Gasteiger charge is -2.19. The van der Waals surface area contributed by atoms with Crippen LogP contribution < -0.4 is 10.5 Å². The Morgan fingerprint density at radius 1 is 1.27 bits per heavy atom. The first-order valence-electron chi connectivity index (χ1n) is 5.52. The van der Waals surface area contributed by atoms with E-state index in [1.165, 1.54) is 11.1 Å². The summed E-state index contributed by atoms with van der Waals surface area (Å²) in [6, 6.07) is 6.16. The van der Waals surface area contributed by atoms with Gasteiger partial charge in [-0.05, 0) is 44.9 Å². The van der Waals surface area contributed by atoms with Crippen molar-refractivity contribution in [2.45, 2.75) is 39.7 Å². The van der Waals surface area contributed by atoms with E-state index < -0.39 is 0 Å². The van der Waals surface area contributed by atoms with Crippen molar-refractivity contribution in [2.24, 2.45) is 5.73 Å². The average Bonchev–Trinajstić information content (AvgIpc) is 2.16. The van der Waals surface area contributed by atoms with Crippen LogP contribution in [0, 0.1) is 6.92 Å². The molecule has 0 fully saturated rings. The summed E-state index contributed by atoms with van der Waals surface area (Å²) in [5.74, 6) is 1.32. The molecule has 0 aliphatic carbocycles. The Hall–Kier alpha value is -1.02. The molecule has 0 saturated heterocycles. The first kappa shape index (κ1) is 12.1. The summed E-state index contributed by atoms with van der Waals surface area (Å²) in [7, 11) is 0. The molecule has 0 amide bonds. The largest absolute Gasteiger partial charge is 0.491 e. The molecule has 0 aliphatic rings. The molecule has 1 rings (SSSR count). The van der Waals surface area contributed by atoms with E-state index in [0.29, 0.717) is 12.5 Å². The molecular formula is C13H21NO. The maximum atomic E-state index is 5.79. The minimum absolute atomic E-state index is 0.204. The zero-order chi connectivity index (χ0) is 11.4. The minimum atomic E-state index is 0.204. The lowest BCUT2D eigenvalue weighted by molar-refractivity contribution is 0.239. The van der Waals surface area contributed by atoms with Gasteiger partial charge in [0.25, 0.3) is 0 Å². The molecule has 84 valence electrons. The highest BCUT2D eigenvalue weighted by molar-refractivity contribution is 5.42. The van der Waals surface area contributed by atoms with E-state index in [0.717, 1.165) is 5.75 Å². The average molecular weight is 207 g/mol. The van der Waals surface area contributed by atoms with Crippen molar-refractivity contribution in [3.8, 4) is 5.75 Å². The van der Waals surface area contributed by atoms with Crippen molar-refractivity contribution in [3.63, 3.8) is 0 Å². The number of hydrogen-bond acceptors (Lipinski definition) is 2. The Kier molecular flexibility index (Phi) is 4.15. The Labute approximate surface area is 92.4 Å². The van der Waals surface area contributed by atoms with Gasteiger partial charge in [-0.3, -0.25) is 0 Å². The second kappa shape index (κ2) is 5.17. The smallest absolute Gasteiger partial charge is 0.123 e. The molecule has 1 aromatic carbocycles. The Morgan fingerprint density at radius 3 is 2.47 bits per heavy atom. The zero-order valence-corrected chi connectivity index (χ0v) is 10.1. The van der Waals surface area contributed by atoms with Gasteiger partial charge < -0.3 is 10.5 Å². The minimum Gasteiger partial charge on any atom is -0.491 e. The van der Waals surface area contributed by atoms with Crippen LogP contribution in [0.15, 0.2) is 18.2 Å². The van der Waals surface area contributed by atoms with Crippen LogP contribution >= 0.6 is 0 Å². The standard InChI is InChI=1S/C13H21NO/c1-9(2)15-12-7-5-6-10(3)13(12)11(4)8-14/h5-7,9,11H,8,14H2,1-4H3. The fourth-order valence-electron chi connectivity index (χ4n) is 1.76. The van der Waals surface area contributed by atoms with Gasteiger partial charge in [0.2, 0.25) is 0 Å². The van der Waals surface area contributed by atoms with Gasteiger partial charge >= 0.3 is 0 Å². The zero-order valence-electron chi connectivity index (χ0n) is 10.1. The van der Waals surface area contributed by atoms with Crippen molar-refractivity contribution in [2.75, 3.05) is 6.54 Å². The molecule has 2 N–H and O–H groups in total. The summed E-state index contributed by atoms with van der Waals surface area (Å²) < 4.78 is 5.79. The maximum absolute atomic E-state index is 5.79. The topological polar surface area (TPSA) is 35.2 Å². The van der Waals surface area contributed by atoms with Crippen molar-refractivity contribution >= 4 is 0 Å². The molecule has 1 atom stereocenters. The first-order chi connectivity index (χ1) is 7.06. The molecule has 1 unspecified atom stereocenters. The summed E-state index contributed by atoms with van der Waals surface area (Å²) in [5.41, 5.74) is 8.22. The molecule has 0 bridgehead atoms. The van der Waals surface area contributed by atoms with Crippen LogP contribution in [0.3, 0.4) is 0 Å². The maximum Gasteiger partial charge on any atom is 0.123 e. The SMILES string of the molecule is Cc1cccc(OC(C)C)c1C(C)CN. The van der Waals surface area contributed by atoms with Gasteiger partial charge in [-0.1, -0.05) is 19.1 Å². The van der Waals surface area contributed by atoms with Crippen LogP contribution in [-0.4, -0.2) is 12.6 Å². The van der Waals surface area contributed by atoms with Crippen LogP contribution in [0.4, 0.5) is 0 Å². The van der Waals surface area contributed by atoms with Gasteiger partial charge in [0, 0.05) is 5.56 Å². The highest BCUT2D eigenvalue weighted by Crippen LogP contribution is 2.29. The number of rotatable bonds is 4. The molecule has 1 aromatic rings. The molecule has 0 radical (unpaired) electrons. The van der Waals surface area contributed by atoms with E-state index >= 15 is 0 Å². The highest BCUT2D eigenvalue weighted by atomic mass is 16.5. The van der Waals surface area contributed by atoms with Crippen LogP contribution in [0.25, 0.3) is 0 Å². The second-order valence-corrected chi connectivity index (χ2v) is 4.29. The van der Waals surface area contributed by atoms with Crippen LogP contribution in [-0.2, 0) is 0 Å². The highest BCUT2D eigenvalue weighted by Gasteiger charge is 2.13. The molecule has 0 spiro atoms. The molecule has 15 heavy (non-hydrogen) atoms. The lowest BCUT2D eigenvalue weighted by Crippen LogP contribution is -2.14. The van der Waals surface area contributed by atoms with Crippen molar-refractivity contribution in [1.82, 2.24) is 0 Å². The third kappa shape index (κ3) is 2.96. The molecule has 2 nitrogen and oxygen atoms in total. The summed E-state index contributed by atoms with van der Waals surface area (Å²) in [6.45, 7) is 8.97. The van der Waals surface area contributed by atoms with E-state index in [4.69, 9.17) is 10.5 Å². The molecule has 0 aromatic heterocycles. The monoisotopic (exact) mass is 207 g/mol. The van der Waals surface area contributed by atoms with Crippen LogP contribution in [0.2, 0.25) is 0 Å². The van der Waals surface area contributed by atoms with E-state index in [1.807, 2.05) is 26.0 Å². The van der Waals surface area contributed by atoms with Crippen LogP contribution in [0.5, 0.6) is 5.75 Å². The lowest BCUT2D eigenvalue weighted by atomic mass is 9.95. The predicted octanol–water partition coefficient (Wildman–Crippen LogP) is 2.84. The molecule has 2 heteroatoms. The Morgan fingerprint density at radius 2 is 1.93 bits per heavy atom. The van der Waals surface area contributed by atoms with Gasteiger partial charge in [0.1, 0.15) is 5.75 Å². The first-order valence-corrected chi connectivity index (χ1v) is 5.52. The third-order valence-corrected chi connectivity index (χ3v) is 2.49. The summed E-state index contributed by atoms with van der Waals surface area (Å²) in [6.07, 6.45) is 0.204. The van der Waals surface area contributed by atoms with Crippen molar-refractivity contribution in [1.29, 1.82) is 0 Å². The van der Waals surface area contributed by atoms with Gasteiger partial charge in [0.05, 0.1) is 6.10 Å². The van der Waals surface area contributed by atoms with Crippen molar-refractivity contribution in [3.05, 3.63) is 29.3 Å². The molecule has 0 aliphatic heterocycles. The van der Waals surface area contributed by atoms with Gasteiger partial charge in [0.15, 0.2) is 0 Å². The van der Waals surface area contributed by atoms with Gasteiger partial charge in [-0.15, -0.1) is 0 Å². The van der Waals surface area contributed by atoms with E-state index in [2.05, 4.69) is 19.9 Å². The van der Waals surface area contributed by atoms with Crippen LogP contribution in [0.1, 0.15) is 37.8 Å². The normalized spacial score (nSPS) is 12.9. The quantitative estimate of drug-likeness (QED) is 0.824. The number of aryl methyl sites for hydroxylation is 1. The fraction of sp³-hybridized carbons (Fsp3) is 0.538. The Balaban J connectivity index is 3.08. The number of benzene rings is 1. The summed E-state index contributed by atoms with van der Waals surface area (Å²) in [5, 5.41) is 0. The Bertz CT molecular complexity index is 320. The number of hydrogen-bond donors (Lipinski definition) is 1. The van der Waals surface area contributed by atoms with Gasteiger partial charge in [-0.25, -0.2) is 0 Å². The molecule has 0 saturated carbocycles. The second-order valence-electron chi connectivity index (χ2n) is 4.29. The third-order valence-electron chi connectivity index (χ3n) is 2.49. The van der Waals surface area contributed by atoms with Crippen molar-refractivity contribution < 1.29 is 4.74 Å². The van der Waals surface area contributed by atoms with E-state index in [9.17, 15) is 0 Å². The van der Waals surface area contributed by atoms with E-state index in [1.54, 1.807) is 0 Å². The number of ether oxygens (including phenoxy) is 1. The molecular weight excluding hydrogens is 186 g/mol. The fourth-order valence-corrected chi connectivity index (χ4v) is 1.76. The van der Waals surface area contributed by atoms with Gasteiger partial charge in [-0.2, -0.15) is 0 Å². The summed E-state index contributed by atoms with van der Waals surface area (Å²) >= 11 is 0. The molecule has 0 heterocycles. The summed E-state index contributed by atoms with van der Waals surface area (Å²) in [4.78, 5) is 0. The van der Waals surface area contributed by atoms with E-state index in [-0.39, 0.29) is 6.10 Å².